The Morgan fingerprint density at radius 1 is 1.06 bits per heavy atom. The largest absolute Gasteiger partial charge is 0.496 e. The Balaban J connectivity index is 1.84. The van der Waals surface area contributed by atoms with Crippen LogP contribution in [0.3, 0.4) is 0 Å². The summed E-state index contributed by atoms with van der Waals surface area (Å²) in [5, 5.41) is 4.38. The number of halogens is 1. The van der Waals surface area contributed by atoms with Crippen LogP contribution in [-0.4, -0.2) is 34.2 Å². The van der Waals surface area contributed by atoms with Gasteiger partial charge in [-0.1, -0.05) is 41.4 Å². The first-order chi connectivity index (χ1) is 15.3. The molecule has 0 radical (unpaired) electrons. The number of carbonyl (C=O) groups excluding carboxylic acids is 1. The van der Waals surface area contributed by atoms with Gasteiger partial charge in [0, 0.05) is 10.6 Å². The van der Waals surface area contributed by atoms with Crippen LogP contribution in [0.25, 0.3) is 0 Å². The first-order valence-corrected chi connectivity index (χ1v) is 11.4. The number of para-hydroxylation sites is 1. The Labute approximate surface area is 192 Å². The molecule has 0 aliphatic heterocycles. The molecule has 0 bridgehead atoms. The molecular weight excluding hydrogens is 450 g/mol. The molecule has 9 heteroatoms. The molecule has 0 heterocycles. The van der Waals surface area contributed by atoms with Crippen LogP contribution in [0.1, 0.15) is 11.1 Å². The van der Waals surface area contributed by atoms with Crippen LogP contribution in [0.2, 0.25) is 5.02 Å². The number of methoxy groups -OCH3 is 1. The van der Waals surface area contributed by atoms with Crippen LogP contribution in [0.5, 0.6) is 5.75 Å². The summed E-state index contributed by atoms with van der Waals surface area (Å²) >= 11 is 5.95. The topological polar surface area (TPSA) is 88.1 Å². The highest BCUT2D eigenvalue weighted by Gasteiger charge is 2.27. The fourth-order valence-corrected chi connectivity index (χ4v) is 4.42. The van der Waals surface area contributed by atoms with Gasteiger partial charge in [-0.2, -0.15) is 5.10 Å². The summed E-state index contributed by atoms with van der Waals surface area (Å²) in [4.78, 5) is 12.7. The second-order valence-corrected chi connectivity index (χ2v) is 9.14. The van der Waals surface area contributed by atoms with Crippen LogP contribution in [0.4, 0.5) is 5.69 Å². The summed E-state index contributed by atoms with van der Waals surface area (Å²) in [7, 11) is -2.48. The van der Waals surface area contributed by atoms with Gasteiger partial charge in [0.15, 0.2) is 0 Å². The number of anilines is 1. The van der Waals surface area contributed by atoms with Crippen molar-refractivity contribution in [2.75, 3.05) is 18.0 Å². The quantitative estimate of drug-likeness (QED) is 0.397. The Hall–Kier alpha value is -3.36. The Kier molecular flexibility index (Phi) is 7.50. The molecule has 166 valence electrons. The Morgan fingerprint density at radius 3 is 2.38 bits per heavy atom. The number of nitrogens with zero attached hydrogens (tertiary/aromatic N) is 2. The van der Waals surface area contributed by atoms with Gasteiger partial charge < -0.3 is 4.74 Å². The summed E-state index contributed by atoms with van der Waals surface area (Å²) < 4.78 is 32.9. The van der Waals surface area contributed by atoms with Crippen LogP contribution in [0, 0.1) is 6.92 Å². The van der Waals surface area contributed by atoms with Gasteiger partial charge in [0.1, 0.15) is 12.3 Å². The van der Waals surface area contributed by atoms with Gasteiger partial charge in [0.05, 0.1) is 23.9 Å². The van der Waals surface area contributed by atoms with E-state index in [0.717, 1.165) is 9.87 Å². The highest BCUT2D eigenvalue weighted by molar-refractivity contribution is 7.92. The van der Waals surface area contributed by atoms with Crippen LogP contribution < -0.4 is 14.5 Å². The fourth-order valence-electron chi connectivity index (χ4n) is 2.87. The molecule has 3 aromatic carbocycles. The maximum atomic E-state index is 13.3. The average Bonchev–Trinajstić information content (AvgIpc) is 2.79. The van der Waals surface area contributed by atoms with E-state index in [2.05, 4.69) is 10.5 Å². The van der Waals surface area contributed by atoms with E-state index in [1.165, 1.54) is 25.5 Å². The van der Waals surface area contributed by atoms with E-state index in [4.69, 9.17) is 16.3 Å². The molecular formula is C23H22ClN3O4S. The number of hydrazone groups is 1. The number of amides is 1. The minimum Gasteiger partial charge on any atom is -0.496 e. The predicted octanol–water partition coefficient (Wildman–Crippen LogP) is 4.00. The number of nitrogens with one attached hydrogen (secondary N) is 1. The van der Waals surface area contributed by atoms with E-state index in [0.29, 0.717) is 22.0 Å². The van der Waals surface area contributed by atoms with Crippen molar-refractivity contribution in [3.8, 4) is 5.75 Å². The monoisotopic (exact) mass is 471 g/mol. The molecule has 1 amide bonds. The molecule has 1 N–H and O–H groups in total. The third-order valence-electron chi connectivity index (χ3n) is 4.54. The summed E-state index contributed by atoms with van der Waals surface area (Å²) in [5.74, 6) is -0.0166. The van der Waals surface area contributed by atoms with Crippen molar-refractivity contribution in [3.63, 3.8) is 0 Å². The molecule has 0 aliphatic rings. The van der Waals surface area contributed by atoms with Crippen molar-refractivity contribution in [2.45, 2.75) is 11.8 Å². The number of sulfonamides is 1. The second kappa shape index (κ2) is 10.3. The second-order valence-electron chi connectivity index (χ2n) is 6.84. The number of benzene rings is 3. The van der Waals surface area contributed by atoms with E-state index in [9.17, 15) is 13.2 Å². The zero-order valence-electron chi connectivity index (χ0n) is 17.5. The molecule has 0 fully saturated rings. The van der Waals surface area contributed by atoms with Crippen molar-refractivity contribution in [1.29, 1.82) is 0 Å². The zero-order valence-corrected chi connectivity index (χ0v) is 19.1. The van der Waals surface area contributed by atoms with E-state index >= 15 is 0 Å². The molecule has 3 aromatic rings. The normalized spacial score (nSPS) is 11.3. The number of rotatable bonds is 8. The molecule has 7 nitrogen and oxygen atoms in total. The summed E-state index contributed by atoms with van der Waals surface area (Å²) in [6, 6.07) is 19.8. The van der Waals surface area contributed by atoms with E-state index < -0.39 is 22.5 Å². The van der Waals surface area contributed by atoms with E-state index in [-0.39, 0.29) is 4.90 Å². The molecule has 0 aromatic heterocycles. The van der Waals surface area contributed by atoms with Gasteiger partial charge >= 0.3 is 0 Å². The summed E-state index contributed by atoms with van der Waals surface area (Å²) in [6.45, 7) is 1.39. The Morgan fingerprint density at radius 2 is 1.72 bits per heavy atom. The highest BCUT2D eigenvalue weighted by Crippen LogP contribution is 2.25. The summed E-state index contributed by atoms with van der Waals surface area (Å²) in [6.07, 6.45) is 1.43. The first-order valence-electron chi connectivity index (χ1n) is 9.61. The SMILES string of the molecule is COc1ccccc1/C=N\NC(=O)CN(c1ccc(Cl)cc1)S(=O)(=O)c1ccc(C)cc1. The summed E-state index contributed by atoms with van der Waals surface area (Å²) in [5.41, 5.74) is 4.26. The maximum absolute atomic E-state index is 13.3. The maximum Gasteiger partial charge on any atom is 0.264 e. The average molecular weight is 472 g/mol. The zero-order chi connectivity index (χ0) is 23.1. The van der Waals surface area contributed by atoms with Crippen LogP contribution >= 0.6 is 11.6 Å². The molecule has 0 spiro atoms. The van der Waals surface area contributed by atoms with Gasteiger partial charge in [-0.3, -0.25) is 9.10 Å². The molecule has 0 atom stereocenters. The first kappa shape index (κ1) is 23.3. The minimum absolute atomic E-state index is 0.0726. The van der Waals surface area contributed by atoms with Gasteiger partial charge in [-0.15, -0.1) is 0 Å². The van der Waals surface area contributed by atoms with Gasteiger partial charge in [0.2, 0.25) is 0 Å². The van der Waals surface area contributed by atoms with Gasteiger partial charge in [-0.25, -0.2) is 13.8 Å². The molecule has 0 unspecified atom stereocenters. The predicted molar refractivity (Wildman–Crippen MR) is 126 cm³/mol. The third kappa shape index (κ3) is 5.66. The number of ether oxygens (including phenoxy) is 1. The lowest BCUT2D eigenvalue weighted by atomic mass is 10.2. The van der Waals surface area contributed by atoms with Crippen molar-refractivity contribution in [3.05, 3.63) is 88.9 Å². The number of hydrogen-bond donors (Lipinski definition) is 1. The molecule has 0 saturated heterocycles. The molecule has 0 aliphatic carbocycles. The van der Waals surface area contributed by atoms with Crippen molar-refractivity contribution in [1.82, 2.24) is 5.43 Å². The smallest absolute Gasteiger partial charge is 0.264 e. The van der Waals surface area contributed by atoms with Crippen LogP contribution in [-0.2, 0) is 14.8 Å². The number of carbonyl (C=O) groups is 1. The molecule has 3 rings (SSSR count). The standard InChI is InChI=1S/C23H22ClN3O4S/c1-17-7-13-21(14-8-17)32(29,30)27(20-11-9-19(24)10-12-20)16-23(28)26-25-15-18-5-3-4-6-22(18)31-2/h3-15H,16H2,1-2H3,(H,26,28)/b25-15-. The lowest BCUT2D eigenvalue weighted by Crippen LogP contribution is -2.39. The van der Waals surface area contributed by atoms with Crippen molar-refractivity contribution >= 4 is 39.4 Å². The highest BCUT2D eigenvalue weighted by atomic mass is 35.5. The van der Waals surface area contributed by atoms with E-state index in [1.54, 1.807) is 48.5 Å². The minimum atomic E-state index is -4.01. The third-order valence-corrected chi connectivity index (χ3v) is 6.58. The van der Waals surface area contributed by atoms with Gasteiger partial charge in [0.25, 0.3) is 15.9 Å². The fraction of sp³-hybridized carbons (Fsp3) is 0.130. The van der Waals surface area contributed by atoms with Crippen molar-refractivity contribution in [2.24, 2.45) is 5.10 Å². The molecule has 0 saturated carbocycles. The van der Waals surface area contributed by atoms with E-state index in [1.807, 2.05) is 19.1 Å². The number of aryl methyl sites for hydroxylation is 1. The van der Waals surface area contributed by atoms with Crippen molar-refractivity contribution < 1.29 is 17.9 Å². The van der Waals surface area contributed by atoms with Crippen LogP contribution in [0.15, 0.2) is 82.8 Å². The molecule has 32 heavy (non-hydrogen) atoms. The lowest BCUT2D eigenvalue weighted by Gasteiger charge is -2.23. The Bertz CT molecular complexity index is 1210. The lowest BCUT2D eigenvalue weighted by molar-refractivity contribution is -0.119. The number of hydrogen-bond acceptors (Lipinski definition) is 5. The van der Waals surface area contributed by atoms with Gasteiger partial charge in [-0.05, 0) is 55.5 Å².